The zero-order valence-corrected chi connectivity index (χ0v) is 23.5. The van der Waals surface area contributed by atoms with Crippen molar-refractivity contribution in [2.24, 2.45) is 5.92 Å². The predicted octanol–water partition coefficient (Wildman–Crippen LogP) is 3.60. The van der Waals surface area contributed by atoms with E-state index < -0.39 is 32.0 Å². The first-order chi connectivity index (χ1) is 17.4. The molecular weight excluding hydrogens is 499 g/mol. The van der Waals surface area contributed by atoms with Crippen LogP contribution in [0.4, 0.5) is 4.39 Å². The van der Waals surface area contributed by atoms with Gasteiger partial charge in [-0.1, -0.05) is 19.6 Å². The second-order valence-electron chi connectivity index (χ2n) is 10.8. The largest absolute Gasteiger partial charge is 0.481 e. The Bertz CT molecular complexity index is 1060. The Morgan fingerprint density at radius 2 is 2.00 bits per heavy atom. The summed E-state index contributed by atoms with van der Waals surface area (Å²) >= 11 is 0. The molecule has 0 spiro atoms. The molecule has 10 nitrogen and oxygen atoms in total. The van der Waals surface area contributed by atoms with Gasteiger partial charge in [-0.25, -0.2) is 14.1 Å². The topological polar surface area (TPSA) is 119 Å². The first kappa shape index (κ1) is 29.2. The van der Waals surface area contributed by atoms with E-state index in [0.717, 1.165) is 12.2 Å². The smallest absolute Gasteiger partial charge is 0.306 e. The van der Waals surface area contributed by atoms with Crippen molar-refractivity contribution < 1.29 is 33.6 Å². The molecule has 4 atom stereocenters. The van der Waals surface area contributed by atoms with E-state index in [1.54, 1.807) is 13.2 Å². The Morgan fingerprint density at radius 1 is 1.27 bits per heavy atom. The number of methoxy groups -OCH3 is 2. The van der Waals surface area contributed by atoms with E-state index in [1.165, 1.54) is 17.9 Å². The number of halogens is 1. The SMILES string of the molecule is COCC1CC(C(=O)O)CC(C)N1C(O)c1cc(-c2cc(OC)ncc2F)n(COCC[Si](C)(C)C)n1. The van der Waals surface area contributed by atoms with E-state index in [0.29, 0.717) is 30.8 Å². The fraction of sp³-hybridized carbons (Fsp3) is 0.640. The molecule has 3 rings (SSSR count). The number of nitrogens with zero attached hydrogens (tertiary/aromatic N) is 4. The molecule has 12 heteroatoms. The average molecular weight is 539 g/mol. The van der Waals surface area contributed by atoms with Crippen molar-refractivity contribution in [1.29, 1.82) is 0 Å². The first-order valence-corrected chi connectivity index (χ1v) is 16.2. The monoisotopic (exact) mass is 538 g/mol. The number of aromatic nitrogens is 3. The van der Waals surface area contributed by atoms with Gasteiger partial charge in [0.2, 0.25) is 5.88 Å². The number of aliphatic hydroxyl groups is 1. The van der Waals surface area contributed by atoms with Gasteiger partial charge in [0.05, 0.1) is 31.5 Å². The second kappa shape index (κ2) is 12.4. The van der Waals surface area contributed by atoms with Gasteiger partial charge in [0.15, 0.2) is 12.0 Å². The zero-order valence-electron chi connectivity index (χ0n) is 22.5. The number of carboxylic acids is 1. The highest BCUT2D eigenvalue weighted by molar-refractivity contribution is 6.76. The van der Waals surface area contributed by atoms with Crippen LogP contribution in [0.5, 0.6) is 5.88 Å². The van der Waals surface area contributed by atoms with E-state index in [4.69, 9.17) is 14.2 Å². The van der Waals surface area contributed by atoms with Crippen LogP contribution in [-0.2, 0) is 21.0 Å². The van der Waals surface area contributed by atoms with Crippen LogP contribution in [0, 0.1) is 11.7 Å². The Kier molecular flexibility index (Phi) is 9.81. The minimum atomic E-state index is -1.31. The molecule has 0 aromatic carbocycles. The van der Waals surface area contributed by atoms with Crippen LogP contribution in [0.1, 0.15) is 31.7 Å². The summed E-state index contributed by atoms with van der Waals surface area (Å²) in [6.45, 7) is 9.54. The fourth-order valence-corrected chi connectivity index (χ4v) is 5.47. The summed E-state index contributed by atoms with van der Waals surface area (Å²) in [6.07, 6.45) is 0.657. The third-order valence-corrected chi connectivity index (χ3v) is 8.40. The molecule has 2 aromatic rings. The van der Waals surface area contributed by atoms with Crippen molar-refractivity contribution in [2.45, 2.75) is 70.5 Å². The Hall–Kier alpha value is -2.38. The minimum Gasteiger partial charge on any atom is -0.481 e. The normalized spacial score (nSPS) is 21.7. The van der Waals surface area contributed by atoms with Crippen LogP contribution in [0.3, 0.4) is 0 Å². The zero-order chi connectivity index (χ0) is 27.3. The predicted molar refractivity (Wildman–Crippen MR) is 138 cm³/mol. The molecule has 2 N–H and O–H groups in total. The van der Waals surface area contributed by atoms with Crippen LogP contribution in [0.2, 0.25) is 25.7 Å². The summed E-state index contributed by atoms with van der Waals surface area (Å²) in [4.78, 5) is 17.4. The van der Waals surface area contributed by atoms with E-state index >= 15 is 0 Å². The lowest BCUT2D eigenvalue weighted by molar-refractivity contribution is -0.151. The molecule has 0 bridgehead atoms. The molecule has 0 aliphatic carbocycles. The molecule has 1 saturated heterocycles. The number of hydrogen-bond acceptors (Lipinski definition) is 8. The van der Waals surface area contributed by atoms with Crippen LogP contribution >= 0.6 is 0 Å². The van der Waals surface area contributed by atoms with Gasteiger partial charge in [0.1, 0.15) is 12.4 Å². The molecule has 0 amide bonds. The number of aliphatic hydroxyl groups excluding tert-OH is 1. The van der Waals surface area contributed by atoms with Gasteiger partial charge in [0, 0.05) is 45.5 Å². The van der Waals surface area contributed by atoms with E-state index in [9.17, 15) is 19.4 Å². The second-order valence-corrected chi connectivity index (χ2v) is 16.4. The third-order valence-electron chi connectivity index (χ3n) is 6.69. The lowest BCUT2D eigenvalue weighted by Crippen LogP contribution is -2.52. The number of likely N-dealkylation sites (tertiary alicyclic amines) is 1. The molecule has 1 aliphatic heterocycles. The Morgan fingerprint density at radius 3 is 2.62 bits per heavy atom. The molecule has 1 fully saturated rings. The highest BCUT2D eigenvalue weighted by Gasteiger charge is 2.41. The van der Waals surface area contributed by atoms with Gasteiger partial charge < -0.3 is 24.4 Å². The molecule has 4 unspecified atom stereocenters. The molecule has 0 saturated carbocycles. The number of aliphatic carboxylic acids is 1. The first-order valence-electron chi connectivity index (χ1n) is 12.5. The Labute approximate surface area is 218 Å². The quantitative estimate of drug-likeness (QED) is 0.309. The molecule has 37 heavy (non-hydrogen) atoms. The van der Waals surface area contributed by atoms with Crippen molar-refractivity contribution >= 4 is 14.0 Å². The summed E-state index contributed by atoms with van der Waals surface area (Å²) in [6, 6.07) is 3.50. The molecule has 1 aliphatic rings. The van der Waals surface area contributed by atoms with Crippen LogP contribution in [-0.4, -0.2) is 83.4 Å². The summed E-state index contributed by atoms with van der Waals surface area (Å²) in [5.41, 5.74) is 0.940. The van der Waals surface area contributed by atoms with Crippen LogP contribution in [0.25, 0.3) is 11.3 Å². The van der Waals surface area contributed by atoms with Crippen molar-refractivity contribution in [2.75, 3.05) is 27.4 Å². The summed E-state index contributed by atoms with van der Waals surface area (Å²) in [5.74, 6) is -1.69. The van der Waals surface area contributed by atoms with E-state index in [-0.39, 0.29) is 36.9 Å². The maximum Gasteiger partial charge on any atom is 0.306 e. The van der Waals surface area contributed by atoms with Crippen molar-refractivity contribution in [1.82, 2.24) is 19.7 Å². The van der Waals surface area contributed by atoms with Gasteiger partial charge >= 0.3 is 5.97 Å². The maximum absolute atomic E-state index is 14.9. The number of carboxylic acid groups (broad SMARTS) is 1. The number of hydrogen-bond donors (Lipinski definition) is 2. The highest BCUT2D eigenvalue weighted by atomic mass is 28.3. The van der Waals surface area contributed by atoms with Crippen LogP contribution in [0.15, 0.2) is 18.3 Å². The van der Waals surface area contributed by atoms with Gasteiger partial charge in [-0.3, -0.25) is 9.69 Å². The molecular formula is C25H39FN4O6Si. The van der Waals surface area contributed by atoms with Crippen molar-refractivity contribution in [3.8, 4) is 17.1 Å². The van der Waals surface area contributed by atoms with Crippen LogP contribution < -0.4 is 4.74 Å². The molecule has 2 aromatic heterocycles. The van der Waals surface area contributed by atoms with Gasteiger partial charge in [0.25, 0.3) is 0 Å². The average Bonchev–Trinajstić information content (AvgIpc) is 3.25. The minimum absolute atomic E-state index is 0.0781. The lowest BCUT2D eigenvalue weighted by atomic mass is 9.86. The van der Waals surface area contributed by atoms with Gasteiger partial charge in [-0.15, -0.1) is 0 Å². The van der Waals surface area contributed by atoms with E-state index in [1.807, 2.05) is 11.8 Å². The van der Waals surface area contributed by atoms with Gasteiger partial charge in [-0.05, 0) is 31.9 Å². The molecule has 0 radical (unpaired) electrons. The maximum atomic E-state index is 14.9. The summed E-state index contributed by atoms with van der Waals surface area (Å²) < 4.78 is 32.8. The number of ether oxygens (including phenoxy) is 3. The van der Waals surface area contributed by atoms with Crippen molar-refractivity contribution in [3.63, 3.8) is 0 Å². The van der Waals surface area contributed by atoms with Gasteiger partial charge in [-0.2, -0.15) is 5.10 Å². The fourth-order valence-electron chi connectivity index (χ4n) is 4.72. The third kappa shape index (κ3) is 7.35. The van der Waals surface area contributed by atoms with E-state index in [2.05, 4.69) is 29.7 Å². The lowest BCUT2D eigenvalue weighted by Gasteiger charge is -2.44. The standard InChI is InChI=1S/C25H39FN4O6Si/c1-16-9-17(25(32)33)10-18(14-34-2)30(16)24(31)21-12-22(19-11-23(35-3)27-13-20(19)26)29(28-21)15-36-7-8-37(4,5)6/h11-13,16-18,24,31H,7-10,14-15H2,1-6H3,(H,32,33). The molecule has 3 heterocycles. The Balaban J connectivity index is 1.95. The highest BCUT2D eigenvalue weighted by Crippen LogP contribution is 2.36. The number of rotatable bonds is 12. The summed E-state index contributed by atoms with van der Waals surface area (Å²) in [5, 5.41) is 25.6. The summed E-state index contributed by atoms with van der Waals surface area (Å²) in [7, 11) is 1.69. The van der Waals surface area contributed by atoms with Crippen molar-refractivity contribution in [3.05, 3.63) is 29.8 Å². The number of piperidine rings is 1. The number of carbonyl (C=O) groups is 1. The number of pyridine rings is 1. The molecule has 206 valence electrons.